The molecule has 0 bridgehead atoms. The molecule has 1 aliphatic rings. The van der Waals surface area contributed by atoms with Gasteiger partial charge in [-0.15, -0.1) is 0 Å². The Morgan fingerprint density at radius 1 is 1.44 bits per heavy atom. The van der Waals surface area contributed by atoms with E-state index < -0.39 is 0 Å². The number of allylic oxidation sites excluding steroid dienone is 2. The third kappa shape index (κ3) is 2.46. The third-order valence-corrected chi connectivity index (χ3v) is 3.50. The number of likely N-dealkylation sites (N-methyl/N-ethyl adjacent to an activating group) is 1. The fourth-order valence-electron chi connectivity index (χ4n) is 2.32. The van der Waals surface area contributed by atoms with Gasteiger partial charge in [-0.1, -0.05) is 25.5 Å². The van der Waals surface area contributed by atoms with Gasteiger partial charge in [0.05, 0.1) is 12.5 Å². The first-order valence-electron chi connectivity index (χ1n) is 5.83. The molecule has 92 valence electrons. The summed E-state index contributed by atoms with van der Waals surface area (Å²) in [5, 5.41) is 8.82. The van der Waals surface area contributed by atoms with E-state index in [1.807, 2.05) is 0 Å². The highest BCUT2D eigenvalue weighted by atomic mass is 16.3. The molecule has 0 radical (unpaired) electrons. The monoisotopic (exact) mass is 225 g/mol. The molecule has 1 rings (SSSR count). The summed E-state index contributed by atoms with van der Waals surface area (Å²) in [6.07, 6.45) is 2.19. The molecule has 0 spiro atoms. The van der Waals surface area contributed by atoms with Gasteiger partial charge in [-0.3, -0.25) is 4.79 Å². The first-order valence-corrected chi connectivity index (χ1v) is 5.83. The van der Waals surface area contributed by atoms with Gasteiger partial charge in [0.2, 0.25) is 5.91 Å². The Labute approximate surface area is 98.1 Å². The molecule has 0 aromatic carbocycles. The first-order chi connectivity index (χ1) is 7.32. The molecule has 1 saturated carbocycles. The van der Waals surface area contributed by atoms with Crippen LogP contribution in [0.5, 0.6) is 0 Å². The Balaban J connectivity index is 2.69. The van der Waals surface area contributed by atoms with Gasteiger partial charge in [0.1, 0.15) is 0 Å². The van der Waals surface area contributed by atoms with E-state index in [4.69, 9.17) is 5.11 Å². The summed E-state index contributed by atoms with van der Waals surface area (Å²) in [5.41, 5.74) is 1.33. The Kier molecular flexibility index (Phi) is 3.79. The van der Waals surface area contributed by atoms with Crippen LogP contribution < -0.4 is 0 Å². The number of aliphatic hydroxyl groups excluding tert-OH is 1. The SMILES string of the molecule is CC(C)=CC1C(C(=O)N(C)CCO)C1(C)C. The van der Waals surface area contributed by atoms with Crippen molar-refractivity contribution < 1.29 is 9.90 Å². The van der Waals surface area contributed by atoms with E-state index in [0.29, 0.717) is 12.5 Å². The predicted molar refractivity (Wildman–Crippen MR) is 64.9 cm³/mol. The lowest BCUT2D eigenvalue weighted by atomic mass is 10.1. The Bertz CT molecular complexity index is 303. The van der Waals surface area contributed by atoms with E-state index in [9.17, 15) is 4.79 Å². The lowest BCUT2D eigenvalue weighted by Crippen LogP contribution is -2.32. The smallest absolute Gasteiger partial charge is 0.226 e. The fourth-order valence-corrected chi connectivity index (χ4v) is 2.32. The lowest BCUT2D eigenvalue weighted by Gasteiger charge is -2.16. The van der Waals surface area contributed by atoms with Gasteiger partial charge in [-0.05, 0) is 25.2 Å². The average molecular weight is 225 g/mol. The average Bonchev–Trinajstić information content (AvgIpc) is 2.66. The summed E-state index contributed by atoms with van der Waals surface area (Å²) in [4.78, 5) is 13.7. The van der Waals surface area contributed by atoms with Crippen LogP contribution in [0.15, 0.2) is 11.6 Å². The number of hydrogen-bond acceptors (Lipinski definition) is 2. The molecule has 1 fully saturated rings. The van der Waals surface area contributed by atoms with Crippen LogP contribution in [0.3, 0.4) is 0 Å². The van der Waals surface area contributed by atoms with Gasteiger partial charge in [0, 0.05) is 13.6 Å². The van der Waals surface area contributed by atoms with Crippen LogP contribution in [0.1, 0.15) is 27.7 Å². The first kappa shape index (κ1) is 13.2. The summed E-state index contributed by atoms with van der Waals surface area (Å²) < 4.78 is 0. The van der Waals surface area contributed by atoms with Crippen LogP contribution >= 0.6 is 0 Å². The maximum Gasteiger partial charge on any atom is 0.226 e. The molecular weight excluding hydrogens is 202 g/mol. The summed E-state index contributed by atoms with van der Waals surface area (Å²) >= 11 is 0. The highest BCUT2D eigenvalue weighted by Crippen LogP contribution is 2.59. The van der Waals surface area contributed by atoms with Crippen LogP contribution in [0.2, 0.25) is 0 Å². The van der Waals surface area contributed by atoms with Crippen LogP contribution in [-0.4, -0.2) is 36.1 Å². The fraction of sp³-hybridized carbons (Fsp3) is 0.769. The van der Waals surface area contributed by atoms with Gasteiger partial charge in [0.25, 0.3) is 0 Å². The van der Waals surface area contributed by atoms with Crippen molar-refractivity contribution >= 4 is 5.91 Å². The van der Waals surface area contributed by atoms with Crippen molar-refractivity contribution in [2.24, 2.45) is 17.3 Å². The molecule has 0 heterocycles. The molecular formula is C13H23NO2. The second-order valence-corrected chi connectivity index (χ2v) is 5.55. The van der Waals surface area contributed by atoms with E-state index in [1.165, 1.54) is 5.57 Å². The zero-order chi connectivity index (χ0) is 12.5. The zero-order valence-electron chi connectivity index (χ0n) is 10.9. The molecule has 16 heavy (non-hydrogen) atoms. The maximum absolute atomic E-state index is 12.1. The Morgan fingerprint density at radius 3 is 2.44 bits per heavy atom. The molecule has 3 heteroatoms. The minimum Gasteiger partial charge on any atom is -0.395 e. The largest absolute Gasteiger partial charge is 0.395 e. The van der Waals surface area contributed by atoms with E-state index in [2.05, 4.69) is 33.8 Å². The highest BCUT2D eigenvalue weighted by Gasteiger charge is 2.60. The number of rotatable bonds is 4. The molecule has 1 amide bonds. The highest BCUT2D eigenvalue weighted by molar-refractivity contribution is 5.83. The summed E-state index contributed by atoms with van der Waals surface area (Å²) in [6, 6.07) is 0. The standard InChI is InChI=1S/C13H23NO2/c1-9(2)8-10-11(13(10,3)4)12(16)14(5)6-7-15/h8,10-11,15H,6-7H2,1-5H3. The van der Waals surface area contributed by atoms with Gasteiger partial charge in [-0.2, -0.15) is 0 Å². The van der Waals surface area contributed by atoms with E-state index in [-0.39, 0.29) is 23.8 Å². The molecule has 1 aliphatic carbocycles. The third-order valence-electron chi connectivity index (χ3n) is 3.50. The molecule has 0 aromatic rings. The minimum absolute atomic E-state index is 0.0305. The van der Waals surface area contributed by atoms with E-state index in [0.717, 1.165) is 0 Å². The number of carbonyl (C=O) groups excluding carboxylic acids is 1. The summed E-state index contributed by atoms with van der Waals surface area (Å²) in [7, 11) is 1.76. The molecule has 2 atom stereocenters. The molecule has 3 nitrogen and oxygen atoms in total. The van der Waals surface area contributed by atoms with Gasteiger partial charge in [0.15, 0.2) is 0 Å². The van der Waals surface area contributed by atoms with Crippen molar-refractivity contribution in [3.8, 4) is 0 Å². The van der Waals surface area contributed by atoms with Crippen LogP contribution in [0.25, 0.3) is 0 Å². The second kappa shape index (κ2) is 4.58. The Morgan fingerprint density at radius 2 is 2.00 bits per heavy atom. The van der Waals surface area contributed by atoms with Gasteiger partial charge < -0.3 is 10.0 Å². The van der Waals surface area contributed by atoms with E-state index >= 15 is 0 Å². The molecule has 2 unspecified atom stereocenters. The summed E-state index contributed by atoms with van der Waals surface area (Å²) in [5.74, 6) is 0.589. The number of amides is 1. The number of carbonyl (C=O) groups is 1. The Hall–Kier alpha value is -0.830. The van der Waals surface area contributed by atoms with Crippen molar-refractivity contribution in [1.29, 1.82) is 0 Å². The van der Waals surface area contributed by atoms with Crippen molar-refractivity contribution in [3.05, 3.63) is 11.6 Å². The molecule has 0 saturated heterocycles. The topological polar surface area (TPSA) is 40.5 Å². The minimum atomic E-state index is 0.0305. The lowest BCUT2D eigenvalue weighted by molar-refractivity contribution is -0.132. The number of aliphatic hydroxyl groups is 1. The van der Waals surface area contributed by atoms with Crippen molar-refractivity contribution in [3.63, 3.8) is 0 Å². The van der Waals surface area contributed by atoms with Gasteiger partial charge >= 0.3 is 0 Å². The van der Waals surface area contributed by atoms with Crippen LogP contribution in [0.4, 0.5) is 0 Å². The van der Waals surface area contributed by atoms with Crippen molar-refractivity contribution in [2.75, 3.05) is 20.2 Å². The summed E-state index contributed by atoms with van der Waals surface area (Å²) in [6.45, 7) is 8.84. The van der Waals surface area contributed by atoms with Crippen LogP contribution in [-0.2, 0) is 4.79 Å². The quantitative estimate of drug-likeness (QED) is 0.739. The number of nitrogens with zero attached hydrogens (tertiary/aromatic N) is 1. The van der Waals surface area contributed by atoms with Crippen molar-refractivity contribution in [2.45, 2.75) is 27.7 Å². The molecule has 0 aliphatic heterocycles. The van der Waals surface area contributed by atoms with E-state index in [1.54, 1.807) is 11.9 Å². The normalized spacial score (nSPS) is 26.1. The van der Waals surface area contributed by atoms with Gasteiger partial charge in [-0.25, -0.2) is 0 Å². The zero-order valence-corrected chi connectivity index (χ0v) is 10.9. The maximum atomic E-state index is 12.1. The molecule has 1 N–H and O–H groups in total. The predicted octanol–water partition coefficient (Wildman–Crippen LogP) is 1.68. The van der Waals surface area contributed by atoms with Crippen LogP contribution in [0, 0.1) is 17.3 Å². The number of hydrogen-bond donors (Lipinski definition) is 1. The molecule has 0 aromatic heterocycles. The second-order valence-electron chi connectivity index (χ2n) is 5.55. The van der Waals surface area contributed by atoms with Crippen molar-refractivity contribution in [1.82, 2.24) is 4.90 Å².